The molecule has 5 nitrogen and oxygen atoms in total. The maximum absolute atomic E-state index is 10.7. The van der Waals surface area contributed by atoms with Gasteiger partial charge >= 0.3 is 5.97 Å². The molecule has 0 radical (unpaired) electrons. The Balaban J connectivity index is 0.000000387. The van der Waals surface area contributed by atoms with Crippen LogP contribution in [0.1, 0.15) is 43.7 Å². The summed E-state index contributed by atoms with van der Waals surface area (Å²) in [6, 6.07) is 15.7. The summed E-state index contributed by atoms with van der Waals surface area (Å²) >= 11 is 5.67. The van der Waals surface area contributed by atoms with Gasteiger partial charge in [0.15, 0.2) is 4.86 Å². The van der Waals surface area contributed by atoms with Gasteiger partial charge in [0.2, 0.25) is 10.3 Å². The number of rotatable bonds is 9. The summed E-state index contributed by atoms with van der Waals surface area (Å²) in [6.07, 6.45) is 4.30. The molecule has 0 saturated heterocycles. The molecule has 2 rings (SSSR count). The van der Waals surface area contributed by atoms with Gasteiger partial charge in [-0.25, -0.2) is 4.79 Å². The Morgan fingerprint density at radius 2 is 1.55 bits per heavy atom. The SMILES string of the molecule is CCc1ccc(Cl)cc1.COc1ccc(CCCCCC(C(=O)O)=S(=O)=O)cc1. The van der Waals surface area contributed by atoms with Gasteiger partial charge in [0.25, 0.3) is 0 Å². The Bertz CT molecular complexity index is 880. The molecule has 158 valence electrons. The van der Waals surface area contributed by atoms with Crippen molar-refractivity contribution in [3.05, 3.63) is 64.7 Å². The predicted molar refractivity (Wildman–Crippen MR) is 118 cm³/mol. The van der Waals surface area contributed by atoms with Gasteiger partial charge in [-0.1, -0.05) is 49.2 Å². The zero-order valence-corrected chi connectivity index (χ0v) is 18.3. The van der Waals surface area contributed by atoms with Crippen molar-refractivity contribution in [2.45, 2.75) is 45.4 Å². The molecule has 0 amide bonds. The molecule has 0 bridgehead atoms. The topological polar surface area (TPSA) is 80.7 Å². The largest absolute Gasteiger partial charge is 0.497 e. The van der Waals surface area contributed by atoms with E-state index in [0.717, 1.165) is 36.5 Å². The van der Waals surface area contributed by atoms with Gasteiger partial charge in [-0.05, 0) is 67.5 Å². The molecule has 7 heteroatoms. The van der Waals surface area contributed by atoms with Crippen LogP contribution in [0.4, 0.5) is 0 Å². The van der Waals surface area contributed by atoms with Crippen molar-refractivity contribution in [2.24, 2.45) is 0 Å². The summed E-state index contributed by atoms with van der Waals surface area (Å²) in [4.78, 5) is 10.2. The summed E-state index contributed by atoms with van der Waals surface area (Å²) in [7, 11) is -1.01. The summed E-state index contributed by atoms with van der Waals surface area (Å²) in [5, 5.41) is 9.50. The highest BCUT2D eigenvalue weighted by atomic mass is 35.5. The van der Waals surface area contributed by atoms with Crippen LogP contribution < -0.4 is 4.74 Å². The molecular weight excluding hydrogens is 412 g/mol. The number of unbranched alkanes of at least 4 members (excludes halogenated alkanes) is 2. The van der Waals surface area contributed by atoms with Crippen molar-refractivity contribution in [1.82, 2.24) is 0 Å². The third-order valence-corrected chi connectivity index (χ3v) is 5.32. The van der Waals surface area contributed by atoms with Gasteiger partial charge in [-0.2, -0.15) is 8.42 Å². The van der Waals surface area contributed by atoms with E-state index in [-0.39, 0.29) is 6.42 Å². The molecular formula is C22H27ClO5S. The van der Waals surface area contributed by atoms with Crippen LogP contribution >= 0.6 is 11.6 Å². The molecule has 2 aromatic rings. The lowest BCUT2D eigenvalue weighted by molar-refractivity contribution is -0.129. The number of aliphatic carboxylic acids is 1. The molecule has 29 heavy (non-hydrogen) atoms. The lowest BCUT2D eigenvalue weighted by Gasteiger charge is -2.03. The first kappa shape index (κ1) is 24.7. The fourth-order valence-corrected chi connectivity index (χ4v) is 3.14. The first-order valence-corrected chi connectivity index (χ1v) is 10.9. The molecule has 0 aliphatic heterocycles. The van der Waals surface area contributed by atoms with Crippen LogP contribution in [0.15, 0.2) is 48.5 Å². The van der Waals surface area contributed by atoms with Gasteiger partial charge in [-0.3, -0.25) is 0 Å². The van der Waals surface area contributed by atoms with Crippen LogP contribution in [0.3, 0.4) is 0 Å². The number of methoxy groups -OCH3 is 1. The number of halogens is 1. The smallest absolute Gasteiger partial charge is 0.347 e. The number of carboxylic acid groups (broad SMARTS) is 1. The zero-order chi connectivity index (χ0) is 21.6. The number of ether oxygens (including phenoxy) is 1. The predicted octanol–water partition coefficient (Wildman–Crippen LogP) is 4.84. The Kier molecular flexibility index (Phi) is 11.8. The standard InChI is InChI=1S/C14H18O5S.C8H9Cl/c1-19-12-9-7-11(8-10-12)5-3-2-4-6-13(14(15)16)20(17)18;1-2-7-3-5-8(9)6-4-7/h7-10H,2-6H2,1H3,(H,15,16);3-6H,2H2,1H3. The molecule has 0 aromatic heterocycles. The lowest BCUT2D eigenvalue weighted by atomic mass is 10.1. The Hall–Kier alpha value is -2.31. The minimum Gasteiger partial charge on any atom is -0.497 e. The van der Waals surface area contributed by atoms with Crippen LogP contribution in [0, 0.1) is 0 Å². The van der Waals surface area contributed by atoms with Crippen LogP contribution in [0.5, 0.6) is 5.75 Å². The van der Waals surface area contributed by atoms with Gasteiger partial charge in [0, 0.05) is 5.02 Å². The molecule has 0 aliphatic carbocycles. The normalized spacial score (nSPS) is 9.90. The molecule has 0 saturated carbocycles. The average molecular weight is 439 g/mol. The van der Waals surface area contributed by atoms with Crippen molar-refractivity contribution in [2.75, 3.05) is 7.11 Å². The quantitative estimate of drug-likeness (QED) is 0.447. The van der Waals surface area contributed by atoms with E-state index in [1.54, 1.807) is 7.11 Å². The summed E-state index contributed by atoms with van der Waals surface area (Å²) in [5.41, 5.74) is 2.51. The highest BCUT2D eigenvalue weighted by Crippen LogP contribution is 2.14. The molecule has 0 heterocycles. The third-order valence-electron chi connectivity index (χ3n) is 4.29. The van der Waals surface area contributed by atoms with E-state index in [0.29, 0.717) is 6.42 Å². The fourth-order valence-electron chi connectivity index (χ4n) is 2.57. The summed E-state index contributed by atoms with van der Waals surface area (Å²) in [5.74, 6) is -0.541. The molecule has 2 aromatic carbocycles. The van der Waals surface area contributed by atoms with Crippen LogP contribution in [0.2, 0.25) is 5.02 Å². The van der Waals surface area contributed by atoms with Crippen molar-refractivity contribution >= 4 is 32.7 Å². The molecule has 0 spiro atoms. The van der Waals surface area contributed by atoms with E-state index in [1.807, 2.05) is 48.5 Å². The number of carbonyl (C=O) groups is 1. The maximum Gasteiger partial charge on any atom is 0.347 e. The molecule has 0 aliphatic rings. The molecule has 0 fully saturated rings. The van der Waals surface area contributed by atoms with Crippen molar-refractivity contribution in [3.63, 3.8) is 0 Å². The first-order chi connectivity index (χ1) is 13.9. The second kappa shape index (κ2) is 13.8. The Morgan fingerprint density at radius 1 is 0.966 bits per heavy atom. The highest BCUT2D eigenvalue weighted by Gasteiger charge is 2.10. The number of hydrogen-bond donors (Lipinski definition) is 1. The lowest BCUT2D eigenvalue weighted by Crippen LogP contribution is -2.13. The van der Waals surface area contributed by atoms with E-state index in [9.17, 15) is 13.2 Å². The summed E-state index contributed by atoms with van der Waals surface area (Å²) < 4.78 is 26.4. The van der Waals surface area contributed by atoms with Crippen LogP contribution in [0.25, 0.3) is 0 Å². The monoisotopic (exact) mass is 438 g/mol. The van der Waals surface area contributed by atoms with Crippen LogP contribution in [-0.2, 0) is 27.9 Å². The fraction of sp³-hybridized carbons (Fsp3) is 0.364. The van der Waals surface area contributed by atoms with Crippen molar-refractivity contribution < 1.29 is 23.1 Å². The van der Waals surface area contributed by atoms with Crippen molar-refractivity contribution in [3.8, 4) is 5.75 Å². The molecule has 0 unspecified atom stereocenters. The van der Waals surface area contributed by atoms with E-state index in [1.165, 1.54) is 11.1 Å². The van der Waals surface area contributed by atoms with E-state index >= 15 is 0 Å². The van der Waals surface area contributed by atoms with Gasteiger partial charge in [0.05, 0.1) is 7.11 Å². The first-order valence-electron chi connectivity index (χ1n) is 9.43. The van der Waals surface area contributed by atoms with Crippen molar-refractivity contribution in [1.29, 1.82) is 0 Å². The summed E-state index contributed by atoms with van der Waals surface area (Å²) in [6.45, 7) is 2.13. The zero-order valence-electron chi connectivity index (χ0n) is 16.7. The highest BCUT2D eigenvalue weighted by molar-refractivity contribution is 7.74. The second-order valence-electron chi connectivity index (χ2n) is 6.35. The number of carboxylic acids is 1. The third kappa shape index (κ3) is 10.1. The van der Waals surface area contributed by atoms with E-state index in [2.05, 4.69) is 6.92 Å². The van der Waals surface area contributed by atoms with E-state index < -0.39 is 21.1 Å². The number of benzene rings is 2. The average Bonchev–Trinajstić information content (AvgIpc) is 2.71. The van der Waals surface area contributed by atoms with Crippen LogP contribution in [-0.4, -0.2) is 31.5 Å². The Labute approximate surface area is 178 Å². The number of hydrogen-bond acceptors (Lipinski definition) is 4. The minimum absolute atomic E-state index is 0.0913. The number of aryl methyl sites for hydroxylation is 2. The minimum atomic E-state index is -2.63. The van der Waals surface area contributed by atoms with Gasteiger partial charge in [-0.15, -0.1) is 0 Å². The van der Waals surface area contributed by atoms with Gasteiger partial charge in [0.1, 0.15) is 5.75 Å². The molecule has 0 atom stereocenters. The second-order valence-corrected chi connectivity index (χ2v) is 7.75. The van der Waals surface area contributed by atoms with Gasteiger partial charge < -0.3 is 9.84 Å². The Morgan fingerprint density at radius 3 is 2.03 bits per heavy atom. The molecule has 1 N–H and O–H groups in total. The van der Waals surface area contributed by atoms with E-state index in [4.69, 9.17) is 21.4 Å². The maximum atomic E-state index is 10.7.